The predicted octanol–water partition coefficient (Wildman–Crippen LogP) is 2.60. The van der Waals surface area contributed by atoms with E-state index >= 15 is 0 Å². The average Bonchev–Trinajstić information content (AvgIpc) is 2.44. The zero-order valence-electron chi connectivity index (χ0n) is 10.9. The van der Waals surface area contributed by atoms with Crippen LogP contribution in [0.15, 0.2) is 29.3 Å². The van der Waals surface area contributed by atoms with Crippen LogP contribution < -0.4 is 9.92 Å². The molecule has 0 aliphatic heterocycles. The van der Waals surface area contributed by atoms with Crippen molar-refractivity contribution in [2.75, 3.05) is 6.54 Å². The number of unbranched alkanes of at least 4 members (excludes halogenated alkanes) is 1. The minimum Gasteiger partial charge on any atom is -0.480 e. The van der Waals surface area contributed by atoms with Crippen molar-refractivity contribution >= 4 is 24.6 Å². The molecule has 0 spiro atoms. The third-order valence-electron chi connectivity index (χ3n) is 2.62. The van der Waals surface area contributed by atoms with E-state index in [1.54, 1.807) is 30.5 Å². The second-order valence-corrected chi connectivity index (χ2v) is 4.48. The summed E-state index contributed by atoms with van der Waals surface area (Å²) in [5, 5.41) is 8.60. The molecule has 1 unspecified atom stereocenters. The molecule has 1 aromatic carbocycles. The molecule has 0 aliphatic rings. The molecule has 1 aromatic rings. The lowest BCUT2D eigenvalue weighted by atomic mass is 10.1. The van der Waals surface area contributed by atoms with Gasteiger partial charge in [-0.3, -0.25) is 9.79 Å². The highest BCUT2D eigenvalue weighted by atomic mass is 32.2. The van der Waals surface area contributed by atoms with Crippen molar-refractivity contribution in [3.05, 3.63) is 29.8 Å². The maximum atomic E-state index is 11.8. The number of halogens is 1. The van der Waals surface area contributed by atoms with E-state index in [9.17, 15) is 8.68 Å². The molecule has 0 aliphatic carbocycles. The number of rotatable bonds is 9. The van der Waals surface area contributed by atoms with E-state index in [4.69, 9.17) is 10.8 Å². The van der Waals surface area contributed by atoms with Gasteiger partial charge in [0.25, 0.3) is 12.4 Å². The normalized spacial score (nSPS) is 12.5. The lowest BCUT2D eigenvalue weighted by molar-refractivity contribution is -0.138. The van der Waals surface area contributed by atoms with Gasteiger partial charge in [0.15, 0.2) is 0 Å². The molecule has 0 saturated heterocycles. The summed E-state index contributed by atoms with van der Waals surface area (Å²) in [5.74, 6) is -0.528. The lowest BCUT2D eigenvalue weighted by Crippen LogP contribution is -2.29. The molecule has 0 bridgehead atoms. The van der Waals surface area contributed by atoms with E-state index in [1.165, 1.54) is 0 Å². The first-order valence-electron chi connectivity index (χ1n) is 6.17. The predicted molar refractivity (Wildman–Crippen MR) is 77.7 cm³/mol. The van der Waals surface area contributed by atoms with E-state index in [0.29, 0.717) is 18.7 Å². The Morgan fingerprint density at radius 1 is 1.45 bits per heavy atom. The fraction of sp³-hybridized carbons (Fsp3) is 0.385. The van der Waals surface area contributed by atoms with Crippen LogP contribution in [0, 0.1) is 0 Å². The summed E-state index contributed by atoms with van der Waals surface area (Å²) < 4.78 is 16.4. The maximum Gasteiger partial charge on any atom is 0.320 e. The van der Waals surface area contributed by atoms with Gasteiger partial charge >= 0.3 is 5.97 Å². The molecule has 0 aromatic heterocycles. The zero-order valence-corrected chi connectivity index (χ0v) is 11.7. The number of aliphatic carboxylic acids is 1. The first kappa shape index (κ1) is 16.5. The molecule has 1 rings (SSSR count). The van der Waals surface area contributed by atoms with Crippen LogP contribution in [0.1, 0.15) is 24.8 Å². The highest BCUT2D eigenvalue weighted by Crippen LogP contribution is 2.16. The zero-order chi connectivity index (χ0) is 14.8. The number of benzene rings is 1. The Morgan fingerprint density at radius 3 is 2.75 bits per heavy atom. The van der Waals surface area contributed by atoms with Gasteiger partial charge in [-0.05, 0) is 49.1 Å². The van der Waals surface area contributed by atoms with Gasteiger partial charge in [-0.15, -0.1) is 3.89 Å². The Kier molecular flexibility index (Phi) is 7.67. The summed E-state index contributed by atoms with van der Waals surface area (Å²) in [6, 6.07) is 6.06. The van der Waals surface area contributed by atoms with E-state index in [-0.39, 0.29) is 12.4 Å². The van der Waals surface area contributed by atoms with Crippen LogP contribution in [0.3, 0.4) is 0 Å². The number of hydrogen-bond donors (Lipinski definition) is 2. The molecule has 3 N–H and O–H groups in total. The van der Waals surface area contributed by atoms with Crippen molar-refractivity contribution < 1.29 is 18.0 Å². The van der Waals surface area contributed by atoms with Crippen LogP contribution >= 0.6 is 12.4 Å². The number of aliphatic imine (C=N–C) groups is 1. The number of carbonyl (C=O) groups is 1. The minimum atomic E-state index is -0.970. The number of hydrogen-bond acceptors (Lipinski definition) is 5. The van der Waals surface area contributed by atoms with Crippen LogP contribution in [-0.4, -0.2) is 29.9 Å². The lowest BCUT2D eigenvalue weighted by Gasteiger charge is -2.04. The topological polar surface area (TPSA) is 84.9 Å². The average molecular weight is 300 g/mol. The highest BCUT2D eigenvalue weighted by molar-refractivity contribution is 7.89. The quantitative estimate of drug-likeness (QED) is 0.416. The van der Waals surface area contributed by atoms with E-state index in [2.05, 4.69) is 9.18 Å². The van der Waals surface area contributed by atoms with Crippen LogP contribution in [0.5, 0.6) is 5.75 Å². The molecule has 5 nitrogen and oxygen atoms in total. The van der Waals surface area contributed by atoms with E-state index < -0.39 is 12.0 Å². The van der Waals surface area contributed by atoms with Gasteiger partial charge < -0.3 is 15.0 Å². The summed E-state index contributed by atoms with van der Waals surface area (Å²) in [5.41, 5.74) is 6.27. The Bertz CT molecular complexity index is 440. The summed E-state index contributed by atoms with van der Waals surface area (Å²) >= 11 is -0.194. The Morgan fingerprint density at radius 2 is 2.15 bits per heavy atom. The van der Waals surface area contributed by atoms with Gasteiger partial charge in [-0.2, -0.15) is 0 Å². The largest absolute Gasteiger partial charge is 0.480 e. The van der Waals surface area contributed by atoms with Crippen LogP contribution in [0.4, 0.5) is 3.89 Å². The molecule has 20 heavy (non-hydrogen) atoms. The number of carboxylic acids is 1. The Hall–Kier alpha value is -1.60. The van der Waals surface area contributed by atoms with Crippen molar-refractivity contribution in [2.45, 2.75) is 25.3 Å². The van der Waals surface area contributed by atoms with E-state index in [0.717, 1.165) is 18.4 Å². The smallest absolute Gasteiger partial charge is 0.320 e. The SMILES string of the molecule is NC(CCCCN=Cc1ccc(OSF)cc1)C(=O)O. The first-order chi connectivity index (χ1) is 9.63. The summed E-state index contributed by atoms with van der Waals surface area (Å²) in [4.78, 5) is 14.7. The van der Waals surface area contributed by atoms with Crippen molar-refractivity contribution in [2.24, 2.45) is 10.7 Å². The molecular formula is C13H17FN2O3S. The maximum absolute atomic E-state index is 11.8. The van der Waals surface area contributed by atoms with E-state index in [1.807, 2.05) is 0 Å². The van der Waals surface area contributed by atoms with Crippen molar-refractivity contribution in [1.29, 1.82) is 0 Å². The van der Waals surface area contributed by atoms with Crippen molar-refractivity contribution in [3.63, 3.8) is 0 Å². The third-order valence-corrected chi connectivity index (χ3v) is 2.87. The van der Waals surface area contributed by atoms with Gasteiger partial charge in [0.1, 0.15) is 11.8 Å². The van der Waals surface area contributed by atoms with Gasteiger partial charge in [-0.25, -0.2) is 0 Å². The van der Waals surface area contributed by atoms with Gasteiger partial charge in [0.05, 0.1) is 0 Å². The molecule has 7 heteroatoms. The number of nitrogens with two attached hydrogens (primary N) is 1. The summed E-state index contributed by atoms with van der Waals surface area (Å²) in [6.07, 6.45) is 3.68. The number of carboxylic acid groups (broad SMARTS) is 1. The second-order valence-electron chi connectivity index (χ2n) is 4.19. The monoisotopic (exact) mass is 300 g/mol. The van der Waals surface area contributed by atoms with Gasteiger partial charge in [0.2, 0.25) is 0 Å². The molecule has 0 fully saturated rings. The standard InChI is InChI=1S/C13H17FN2O3S/c14-20-19-11-6-4-10(5-7-11)9-16-8-2-1-3-12(15)13(17)18/h4-7,9,12H,1-3,8,15H2,(H,17,18). The van der Waals surface area contributed by atoms with Crippen molar-refractivity contribution in [1.82, 2.24) is 0 Å². The fourth-order valence-corrected chi connectivity index (χ4v) is 1.69. The van der Waals surface area contributed by atoms with Crippen LogP contribution in [0.2, 0.25) is 0 Å². The second kappa shape index (κ2) is 9.33. The molecular weight excluding hydrogens is 283 g/mol. The molecule has 0 radical (unpaired) electrons. The summed E-state index contributed by atoms with van der Waals surface area (Å²) in [6.45, 7) is 0.616. The molecule has 110 valence electrons. The van der Waals surface area contributed by atoms with Gasteiger partial charge in [-0.1, -0.05) is 0 Å². The number of nitrogens with zero attached hydrogens (tertiary/aromatic N) is 1. The third kappa shape index (κ3) is 6.53. The molecule has 0 amide bonds. The minimum absolute atomic E-state index is 0.194. The molecule has 1 atom stereocenters. The van der Waals surface area contributed by atoms with Crippen LogP contribution in [-0.2, 0) is 4.79 Å². The molecule has 0 saturated carbocycles. The first-order valence-corrected chi connectivity index (χ1v) is 6.81. The highest BCUT2D eigenvalue weighted by Gasteiger charge is 2.09. The Labute approximate surface area is 121 Å². The van der Waals surface area contributed by atoms with Gasteiger partial charge in [0, 0.05) is 12.8 Å². The molecule has 0 heterocycles. The van der Waals surface area contributed by atoms with Crippen molar-refractivity contribution in [3.8, 4) is 5.75 Å². The summed E-state index contributed by atoms with van der Waals surface area (Å²) in [7, 11) is 0. The van der Waals surface area contributed by atoms with Crippen LogP contribution in [0.25, 0.3) is 0 Å². The fourth-order valence-electron chi connectivity index (χ4n) is 1.51. The Balaban J connectivity index is 2.22.